The summed E-state index contributed by atoms with van der Waals surface area (Å²) in [6, 6.07) is 3.89. The predicted molar refractivity (Wildman–Crippen MR) is 72.5 cm³/mol. The van der Waals surface area contributed by atoms with Crippen molar-refractivity contribution in [3.8, 4) is 11.5 Å². The predicted octanol–water partition coefficient (Wildman–Crippen LogP) is 2.59. The highest BCUT2D eigenvalue weighted by Crippen LogP contribution is 2.35. The second-order valence-corrected chi connectivity index (χ2v) is 4.42. The van der Waals surface area contributed by atoms with Crippen molar-refractivity contribution < 1.29 is 19.0 Å². The van der Waals surface area contributed by atoms with Gasteiger partial charge >= 0.3 is 5.97 Å². The average molecular weight is 262 g/mol. The van der Waals surface area contributed by atoms with Crippen LogP contribution in [0.1, 0.15) is 25.0 Å². The van der Waals surface area contributed by atoms with E-state index >= 15 is 0 Å². The first-order chi connectivity index (χ1) is 9.13. The molecule has 4 nitrogen and oxygen atoms in total. The molecule has 1 aliphatic heterocycles. The van der Waals surface area contributed by atoms with Gasteiger partial charge in [0.15, 0.2) is 0 Å². The Labute approximate surface area is 113 Å². The van der Waals surface area contributed by atoms with E-state index in [0.29, 0.717) is 6.61 Å². The van der Waals surface area contributed by atoms with Gasteiger partial charge in [0.25, 0.3) is 0 Å². The summed E-state index contributed by atoms with van der Waals surface area (Å²) in [5.41, 5.74) is 1.96. The lowest BCUT2D eigenvalue weighted by molar-refractivity contribution is -0.134. The zero-order valence-corrected chi connectivity index (χ0v) is 11.4. The SMILES string of the molecule is CCOc1cc2c(cc1/C=C/C(=O)OC)O[C@@H](C)C2. The van der Waals surface area contributed by atoms with Crippen molar-refractivity contribution in [2.45, 2.75) is 26.4 Å². The fraction of sp³-hybridized carbons (Fsp3) is 0.400. The first kappa shape index (κ1) is 13.5. The van der Waals surface area contributed by atoms with Gasteiger partial charge in [-0.2, -0.15) is 0 Å². The van der Waals surface area contributed by atoms with Crippen LogP contribution in [0.5, 0.6) is 11.5 Å². The Morgan fingerprint density at radius 3 is 3.00 bits per heavy atom. The van der Waals surface area contributed by atoms with Gasteiger partial charge in [0.05, 0.1) is 13.7 Å². The fourth-order valence-corrected chi connectivity index (χ4v) is 2.09. The maximum atomic E-state index is 11.2. The minimum Gasteiger partial charge on any atom is -0.493 e. The van der Waals surface area contributed by atoms with Crippen molar-refractivity contribution in [3.63, 3.8) is 0 Å². The zero-order chi connectivity index (χ0) is 13.8. The smallest absolute Gasteiger partial charge is 0.330 e. The van der Waals surface area contributed by atoms with Crippen molar-refractivity contribution in [2.24, 2.45) is 0 Å². The van der Waals surface area contributed by atoms with Crippen LogP contribution in [0.15, 0.2) is 18.2 Å². The van der Waals surface area contributed by atoms with E-state index in [1.54, 1.807) is 6.08 Å². The Morgan fingerprint density at radius 1 is 1.53 bits per heavy atom. The highest BCUT2D eigenvalue weighted by atomic mass is 16.5. The van der Waals surface area contributed by atoms with Crippen molar-refractivity contribution in [2.75, 3.05) is 13.7 Å². The van der Waals surface area contributed by atoms with E-state index in [-0.39, 0.29) is 6.10 Å². The molecular formula is C15H18O4. The number of rotatable bonds is 4. The Balaban J connectivity index is 2.33. The molecule has 1 aromatic carbocycles. The quantitative estimate of drug-likeness (QED) is 0.618. The molecule has 0 saturated carbocycles. The van der Waals surface area contributed by atoms with Crippen LogP contribution in [0.4, 0.5) is 0 Å². The summed E-state index contributed by atoms with van der Waals surface area (Å²) in [6.45, 7) is 4.54. The summed E-state index contributed by atoms with van der Waals surface area (Å²) < 4.78 is 15.9. The Kier molecular flexibility index (Phi) is 4.10. The number of fused-ring (bicyclic) bond motifs is 1. The van der Waals surface area contributed by atoms with E-state index in [4.69, 9.17) is 9.47 Å². The number of carbonyl (C=O) groups is 1. The molecule has 0 N–H and O–H groups in total. The summed E-state index contributed by atoms with van der Waals surface area (Å²) in [4.78, 5) is 11.2. The molecule has 0 unspecified atom stereocenters. The van der Waals surface area contributed by atoms with Gasteiger partial charge in [-0.3, -0.25) is 0 Å². The van der Waals surface area contributed by atoms with Gasteiger partial charge in [-0.05, 0) is 32.1 Å². The van der Waals surface area contributed by atoms with Gasteiger partial charge in [-0.15, -0.1) is 0 Å². The summed E-state index contributed by atoms with van der Waals surface area (Å²) in [6.07, 6.45) is 4.13. The van der Waals surface area contributed by atoms with Crippen LogP contribution in [0, 0.1) is 0 Å². The number of esters is 1. The molecule has 0 fully saturated rings. The average Bonchev–Trinajstić information content (AvgIpc) is 2.75. The van der Waals surface area contributed by atoms with E-state index < -0.39 is 5.97 Å². The van der Waals surface area contributed by atoms with Crippen LogP contribution in [-0.2, 0) is 16.0 Å². The fourth-order valence-electron chi connectivity index (χ4n) is 2.09. The van der Waals surface area contributed by atoms with E-state index in [9.17, 15) is 4.79 Å². The molecule has 4 heteroatoms. The summed E-state index contributed by atoms with van der Waals surface area (Å²) in [5.74, 6) is 1.23. The normalized spacial score (nSPS) is 17.1. The Morgan fingerprint density at radius 2 is 2.32 bits per heavy atom. The van der Waals surface area contributed by atoms with E-state index in [1.165, 1.54) is 13.2 Å². The highest BCUT2D eigenvalue weighted by molar-refractivity contribution is 5.87. The number of carbonyl (C=O) groups excluding carboxylic acids is 1. The molecule has 0 saturated heterocycles. The third kappa shape index (κ3) is 3.08. The van der Waals surface area contributed by atoms with E-state index in [2.05, 4.69) is 4.74 Å². The molecular weight excluding hydrogens is 244 g/mol. The number of methoxy groups -OCH3 is 1. The number of hydrogen-bond acceptors (Lipinski definition) is 4. The van der Waals surface area contributed by atoms with Crippen molar-refractivity contribution in [1.82, 2.24) is 0 Å². The van der Waals surface area contributed by atoms with Crippen LogP contribution >= 0.6 is 0 Å². The van der Waals surface area contributed by atoms with Crippen LogP contribution in [0.25, 0.3) is 6.08 Å². The topological polar surface area (TPSA) is 44.8 Å². The number of benzene rings is 1. The van der Waals surface area contributed by atoms with Gasteiger partial charge in [0.2, 0.25) is 0 Å². The second kappa shape index (κ2) is 5.78. The van der Waals surface area contributed by atoms with Gasteiger partial charge in [-0.25, -0.2) is 4.79 Å². The van der Waals surface area contributed by atoms with Crippen LogP contribution in [0.2, 0.25) is 0 Å². The third-order valence-corrected chi connectivity index (χ3v) is 2.93. The molecule has 1 heterocycles. The second-order valence-electron chi connectivity index (χ2n) is 4.42. The monoisotopic (exact) mass is 262 g/mol. The summed E-state index contributed by atoms with van der Waals surface area (Å²) >= 11 is 0. The maximum absolute atomic E-state index is 11.2. The van der Waals surface area contributed by atoms with Crippen molar-refractivity contribution in [1.29, 1.82) is 0 Å². The van der Waals surface area contributed by atoms with Gasteiger partial charge in [0.1, 0.15) is 17.6 Å². The van der Waals surface area contributed by atoms with Crippen LogP contribution < -0.4 is 9.47 Å². The minimum absolute atomic E-state index is 0.185. The molecule has 1 aromatic rings. The maximum Gasteiger partial charge on any atom is 0.330 e. The largest absolute Gasteiger partial charge is 0.493 e. The first-order valence-corrected chi connectivity index (χ1v) is 6.36. The van der Waals surface area contributed by atoms with Crippen molar-refractivity contribution in [3.05, 3.63) is 29.3 Å². The molecule has 0 amide bonds. The molecule has 0 radical (unpaired) electrons. The number of ether oxygens (including phenoxy) is 3. The Hall–Kier alpha value is -1.97. The van der Waals surface area contributed by atoms with Gasteiger partial charge in [-0.1, -0.05) is 0 Å². The number of hydrogen-bond donors (Lipinski definition) is 0. The molecule has 0 aromatic heterocycles. The lowest BCUT2D eigenvalue weighted by atomic mass is 10.1. The molecule has 0 spiro atoms. The van der Waals surface area contributed by atoms with E-state index in [1.807, 2.05) is 26.0 Å². The summed E-state index contributed by atoms with van der Waals surface area (Å²) in [7, 11) is 1.35. The molecule has 2 rings (SSSR count). The van der Waals surface area contributed by atoms with Crippen molar-refractivity contribution >= 4 is 12.0 Å². The summed E-state index contributed by atoms with van der Waals surface area (Å²) in [5, 5.41) is 0. The zero-order valence-electron chi connectivity index (χ0n) is 11.4. The lowest BCUT2D eigenvalue weighted by Crippen LogP contribution is -2.05. The molecule has 102 valence electrons. The minimum atomic E-state index is -0.391. The molecule has 0 aliphatic carbocycles. The third-order valence-electron chi connectivity index (χ3n) is 2.93. The molecule has 19 heavy (non-hydrogen) atoms. The van der Waals surface area contributed by atoms with E-state index in [0.717, 1.165) is 29.0 Å². The van der Waals surface area contributed by atoms with Gasteiger partial charge in [0, 0.05) is 23.6 Å². The van der Waals surface area contributed by atoms with Crippen LogP contribution in [-0.4, -0.2) is 25.8 Å². The Bertz CT molecular complexity index is 505. The van der Waals surface area contributed by atoms with Crippen LogP contribution in [0.3, 0.4) is 0 Å². The highest BCUT2D eigenvalue weighted by Gasteiger charge is 2.21. The molecule has 1 aliphatic rings. The molecule has 1 atom stereocenters. The molecule has 0 bridgehead atoms. The van der Waals surface area contributed by atoms with Gasteiger partial charge < -0.3 is 14.2 Å². The first-order valence-electron chi connectivity index (χ1n) is 6.36. The standard InChI is InChI=1S/C15H18O4/c1-4-18-13-9-12-7-10(2)19-14(12)8-11(13)5-6-15(16)17-3/h5-6,8-10H,4,7H2,1-3H3/b6-5+/t10-/m0/s1. The lowest BCUT2D eigenvalue weighted by Gasteiger charge is -2.09.